The lowest BCUT2D eigenvalue weighted by molar-refractivity contribution is -0.157. The van der Waals surface area contributed by atoms with Crippen LogP contribution in [0.4, 0.5) is 0 Å². The molecule has 120 valence electrons. The zero-order chi connectivity index (χ0) is 16.5. The van der Waals surface area contributed by atoms with Crippen molar-refractivity contribution in [1.82, 2.24) is 0 Å². The first-order valence-electron chi connectivity index (χ1n) is 8.08. The number of rotatable bonds is 4. The minimum atomic E-state index is -0.901. The molecular formula is C19H26O3. The predicted molar refractivity (Wildman–Crippen MR) is 87.1 cm³/mol. The Morgan fingerprint density at radius 3 is 2.32 bits per heavy atom. The Hall–Kier alpha value is -1.64. The Kier molecular flexibility index (Phi) is 4.74. The summed E-state index contributed by atoms with van der Waals surface area (Å²) in [6.07, 6.45) is 3.50. The van der Waals surface area contributed by atoms with Gasteiger partial charge < -0.3 is 5.11 Å². The van der Waals surface area contributed by atoms with Crippen molar-refractivity contribution in [3.8, 4) is 0 Å². The molecule has 1 aromatic carbocycles. The van der Waals surface area contributed by atoms with Crippen LogP contribution < -0.4 is 0 Å². The van der Waals surface area contributed by atoms with E-state index in [-0.39, 0.29) is 11.7 Å². The van der Waals surface area contributed by atoms with Gasteiger partial charge in [0.2, 0.25) is 0 Å². The summed E-state index contributed by atoms with van der Waals surface area (Å²) in [4.78, 5) is 24.5. The molecule has 1 aliphatic rings. The van der Waals surface area contributed by atoms with Crippen LogP contribution in [-0.2, 0) is 16.0 Å². The molecule has 2 rings (SSSR count). The zero-order valence-electron chi connectivity index (χ0n) is 14.0. The molecule has 3 nitrogen and oxygen atoms in total. The van der Waals surface area contributed by atoms with Gasteiger partial charge in [-0.1, -0.05) is 30.5 Å². The van der Waals surface area contributed by atoms with Gasteiger partial charge in [-0.15, -0.1) is 0 Å². The first-order chi connectivity index (χ1) is 10.3. The SMILES string of the molecule is Cc1cc(C)c(CC(=O)C2CCCCC2(C)C(=O)O)c(C)c1. The van der Waals surface area contributed by atoms with Gasteiger partial charge >= 0.3 is 5.97 Å². The number of carboxylic acid groups (broad SMARTS) is 1. The third kappa shape index (κ3) is 3.08. The second kappa shape index (κ2) is 6.23. The molecule has 1 aliphatic carbocycles. The van der Waals surface area contributed by atoms with E-state index in [0.29, 0.717) is 19.3 Å². The van der Waals surface area contributed by atoms with Crippen LogP contribution >= 0.6 is 0 Å². The van der Waals surface area contributed by atoms with Gasteiger partial charge in [0, 0.05) is 12.3 Å². The van der Waals surface area contributed by atoms with Gasteiger partial charge in [0.25, 0.3) is 0 Å². The molecule has 22 heavy (non-hydrogen) atoms. The van der Waals surface area contributed by atoms with Crippen molar-refractivity contribution in [2.75, 3.05) is 0 Å². The molecular weight excluding hydrogens is 276 g/mol. The maximum Gasteiger partial charge on any atom is 0.310 e. The third-order valence-electron chi connectivity index (χ3n) is 5.28. The average Bonchev–Trinajstić information content (AvgIpc) is 2.42. The van der Waals surface area contributed by atoms with Gasteiger partial charge in [-0.25, -0.2) is 0 Å². The highest BCUT2D eigenvalue weighted by molar-refractivity contribution is 5.90. The van der Waals surface area contributed by atoms with Crippen LogP contribution in [0.15, 0.2) is 12.1 Å². The number of aliphatic carboxylic acids is 1. The van der Waals surface area contributed by atoms with E-state index in [1.54, 1.807) is 6.92 Å². The largest absolute Gasteiger partial charge is 0.481 e. The molecule has 0 amide bonds. The van der Waals surface area contributed by atoms with E-state index in [9.17, 15) is 14.7 Å². The van der Waals surface area contributed by atoms with Gasteiger partial charge in [-0.2, -0.15) is 0 Å². The van der Waals surface area contributed by atoms with Crippen LogP contribution in [0.1, 0.15) is 54.9 Å². The number of carbonyl (C=O) groups is 2. The van der Waals surface area contributed by atoms with Gasteiger partial charge in [-0.05, 0) is 57.2 Å². The minimum absolute atomic E-state index is 0.0830. The summed E-state index contributed by atoms with van der Waals surface area (Å²) in [7, 11) is 0. The normalized spacial score (nSPS) is 25.0. The smallest absolute Gasteiger partial charge is 0.310 e. The van der Waals surface area contributed by atoms with Gasteiger partial charge in [0.1, 0.15) is 5.78 Å². The van der Waals surface area contributed by atoms with E-state index in [0.717, 1.165) is 29.5 Å². The fraction of sp³-hybridized carbons (Fsp3) is 0.579. The lowest BCUT2D eigenvalue weighted by Crippen LogP contribution is -2.43. The summed E-state index contributed by atoms with van der Waals surface area (Å²) >= 11 is 0. The highest BCUT2D eigenvalue weighted by Gasteiger charge is 2.46. The predicted octanol–water partition coefficient (Wildman–Crippen LogP) is 4.00. The second-order valence-corrected chi connectivity index (χ2v) is 7.04. The molecule has 2 unspecified atom stereocenters. The molecule has 0 radical (unpaired) electrons. The molecule has 2 atom stereocenters. The van der Waals surface area contributed by atoms with E-state index < -0.39 is 11.4 Å². The topological polar surface area (TPSA) is 54.4 Å². The summed E-state index contributed by atoms with van der Waals surface area (Å²) < 4.78 is 0. The van der Waals surface area contributed by atoms with Gasteiger partial charge in [0.15, 0.2) is 0 Å². The van der Waals surface area contributed by atoms with Crippen LogP contribution in [0.25, 0.3) is 0 Å². The van der Waals surface area contributed by atoms with Gasteiger partial charge in [-0.3, -0.25) is 9.59 Å². The summed E-state index contributed by atoms with van der Waals surface area (Å²) in [6.45, 7) is 7.85. The third-order valence-corrected chi connectivity index (χ3v) is 5.28. The maximum atomic E-state index is 12.8. The van der Waals surface area contributed by atoms with Crippen LogP contribution in [0.5, 0.6) is 0 Å². The van der Waals surface area contributed by atoms with Crippen molar-refractivity contribution < 1.29 is 14.7 Å². The second-order valence-electron chi connectivity index (χ2n) is 7.04. The first kappa shape index (κ1) is 16.7. The Morgan fingerprint density at radius 1 is 1.18 bits per heavy atom. The Balaban J connectivity index is 2.27. The average molecular weight is 302 g/mol. The molecule has 1 aromatic rings. The lowest BCUT2D eigenvalue weighted by Gasteiger charge is -2.37. The van der Waals surface area contributed by atoms with Crippen LogP contribution in [-0.4, -0.2) is 16.9 Å². The number of ketones is 1. The van der Waals surface area contributed by atoms with Crippen molar-refractivity contribution in [3.05, 3.63) is 34.4 Å². The molecule has 1 saturated carbocycles. The van der Waals surface area contributed by atoms with Crippen molar-refractivity contribution in [2.45, 2.75) is 59.8 Å². The Morgan fingerprint density at radius 2 is 1.77 bits per heavy atom. The van der Waals surface area contributed by atoms with E-state index >= 15 is 0 Å². The lowest BCUT2D eigenvalue weighted by atomic mass is 9.65. The zero-order valence-corrected chi connectivity index (χ0v) is 14.0. The van der Waals surface area contributed by atoms with Crippen LogP contribution in [0.2, 0.25) is 0 Å². The minimum Gasteiger partial charge on any atom is -0.481 e. The number of carboxylic acids is 1. The number of hydrogen-bond donors (Lipinski definition) is 1. The van der Waals surface area contributed by atoms with Crippen molar-refractivity contribution in [2.24, 2.45) is 11.3 Å². The molecule has 1 fully saturated rings. The van der Waals surface area contributed by atoms with E-state index in [1.165, 1.54) is 5.56 Å². The quantitative estimate of drug-likeness (QED) is 0.914. The Labute approximate surface area is 132 Å². The monoisotopic (exact) mass is 302 g/mol. The highest BCUT2D eigenvalue weighted by Crippen LogP contribution is 2.42. The summed E-state index contributed by atoms with van der Waals surface area (Å²) in [5.41, 5.74) is 3.60. The number of carbonyl (C=O) groups excluding carboxylic acids is 1. The molecule has 0 spiro atoms. The van der Waals surface area contributed by atoms with Crippen LogP contribution in [0.3, 0.4) is 0 Å². The highest BCUT2D eigenvalue weighted by atomic mass is 16.4. The summed E-state index contributed by atoms with van der Waals surface area (Å²) in [5.74, 6) is -1.11. The molecule has 1 N–H and O–H groups in total. The van der Waals surface area contributed by atoms with E-state index in [4.69, 9.17) is 0 Å². The fourth-order valence-electron chi connectivity index (χ4n) is 3.89. The number of aryl methyl sites for hydroxylation is 3. The number of hydrogen-bond acceptors (Lipinski definition) is 2. The van der Waals surface area contributed by atoms with Crippen molar-refractivity contribution in [1.29, 1.82) is 0 Å². The van der Waals surface area contributed by atoms with E-state index in [1.807, 2.05) is 20.8 Å². The standard InChI is InChI=1S/C19H26O3/c1-12-9-13(2)15(14(3)10-12)11-17(20)16-7-5-6-8-19(16,4)18(21)22/h9-10,16H,5-8,11H2,1-4H3,(H,21,22). The van der Waals surface area contributed by atoms with Crippen molar-refractivity contribution >= 4 is 11.8 Å². The molecule has 3 heteroatoms. The Bertz CT molecular complexity index is 580. The van der Waals surface area contributed by atoms with E-state index in [2.05, 4.69) is 12.1 Å². The molecule has 0 aliphatic heterocycles. The van der Waals surface area contributed by atoms with Crippen LogP contribution in [0, 0.1) is 32.1 Å². The number of Topliss-reactive ketones (excluding diaryl/α,β-unsaturated/α-hetero) is 1. The first-order valence-corrected chi connectivity index (χ1v) is 8.08. The maximum absolute atomic E-state index is 12.8. The molecule has 0 saturated heterocycles. The summed E-state index contributed by atoms with van der Waals surface area (Å²) in [6, 6.07) is 4.18. The number of benzene rings is 1. The van der Waals surface area contributed by atoms with Gasteiger partial charge in [0.05, 0.1) is 5.41 Å². The van der Waals surface area contributed by atoms with Crippen molar-refractivity contribution in [3.63, 3.8) is 0 Å². The molecule has 0 aromatic heterocycles. The summed E-state index contributed by atoms with van der Waals surface area (Å²) in [5, 5.41) is 9.58. The molecule has 0 bridgehead atoms. The fourth-order valence-corrected chi connectivity index (χ4v) is 3.89. The molecule has 0 heterocycles.